The summed E-state index contributed by atoms with van der Waals surface area (Å²) in [5.74, 6) is -2.34. The summed E-state index contributed by atoms with van der Waals surface area (Å²) in [4.78, 5) is 37.5. The minimum atomic E-state index is -1.04. The van der Waals surface area contributed by atoms with Crippen molar-refractivity contribution < 1.29 is 23.1 Å². The first-order chi connectivity index (χ1) is 17.3. The Morgan fingerprint density at radius 2 is 1.97 bits per heavy atom. The van der Waals surface area contributed by atoms with Crippen molar-refractivity contribution in [2.45, 2.75) is 18.9 Å². The van der Waals surface area contributed by atoms with Crippen LogP contribution in [0.3, 0.4) is 0 Å². The Bertz CT molecular complexity index is 1230. The third kappa shape index (κ3) is 6.37. The largest absolute Gasteiger partial charge is 0.385 e. The highest BCUT2D eigenvalue weighted by molar-refractivity contribution is 6.31. The van der Waals surface area contributed by atoms with Crippen LogP contribution in [0.1, 0.15) is 22.5 Å². The van der Waals surface area contributed by atoms with Gasteiger partial charge >= 0.3 is 0 Å². The molecule has 2 N–H and O–H groups in total. The van der Waals surface area contributed by atoms with E-state index >= 15 is 0 Å². The van der Waals surface area contributed by atoms with Gasteiger partial charge in [0, 0.05) is 70.5 Å². The van der Waals surface area contributed by atoms with E-state index in [1.807, 2.05) is 0 Å². The van der Waals surface area contributed by atoms with E-state index < -0.39 is 23.6 Å². The lowest BCUT2D eigenvalue weighted by Gasteiger charge is -2.36. The molecule has 0 saturated carbocycles. The Hall–Kier alpha value is -3.08. The highest BCUT2D eigenvalue weighted by atomic mass is 35.5. The number of nitrogens with one attached hydrogen (secondary N) is 2. The van der Waals surface area contributed by atoms with E-state index in [0.717, 1.165) is 25.1 Å². The average Bonchev–Trinajstić information content (AvgIpc) is 3.29. The van der Waals surface area contributed by atoms with Gasteiger partial charge in [-0.1, -0.05) is 17.7 Å². The molecule has 1 aromatic carbocycles. The molecule has 36 heavy (non-hydrogen) atoms. The summed E-state index contributed by atoms with van der Waals surface area (Å²) in [6.45, 7) is 3.89. The number of H-pyrrole nitrogens is 1. The van der Waals surface area contributed by atoms with Crippen molar-refractivity contribution in [3.63, 3.8) is 0 Å². The van der Waals surface area contributed by atoms with Gasteiger partial charge in [0.2, 0.25) is 5.91 Å². The first-order valence-corrected chi connectivity index (χ1v) is 12.1. The maximum atomic E-state index is 14.4. The molecule has 0 unspecified atom stereocenters. The van der Waals surface area contributed by atoms with Gasteiger partial charge in [0.15, 0.2) is 0 Å². The van der Waals surface area contributed by atoms with Crippen LogP contribution in [0.4, 0.5) is 8.78 Å². The lowest BCUT2D eigenvalue weighted by Crippen LogP contribution is -2.55. The molecule has 0 aliphatic carbocycles. The number of nitrogens with zero attached hydrogens (tertiary/aromatic N) is 3. The van der Waals surface area contributed by atoms with Crippen LogP contribution in [-0.2, 0) is 16.0 Å². The second kappa shape index (κ2) is 11.8. The summed E-state index contributed by atoms with van der Waals surface area (Å²) in [5.41, 5.74) is 0.806. The van der Waals surface area contributed by atoms with Gasteiger partial charge < -0.3 is 19.9 Å². The molecule has 1 fully saturated rings. The Kier molecular flexibility index (Phi) is 8.50. The van der Waals surface area contributed by atoms with E-state index in [1.54, 1.807) is 24.1 Å². The molecule has 2 amide bonds. The second-order valence-corrected chi connectivity index (χ2v) is 9.19. The van der Waals surface area contributed by atoms with Crippen LogP contribution in [0.15, 0.2) is 36.5 Å². The molecule has 1 saturated heterocycles. The van der Waals surface area contributed by atoms with Gasteiger partial charge in [0.25, 0.3) is 5.91 Å². The van der Waals surface area contributed by atoms with E-state index in [4.69, 9.17) is 16.3 Å². The molecule has 0 radical (unpaired) electrons. The van der Waals surface area contributed by atoms with Crippen LogP contribution >= 0.6 is 11.6 Å². The number of halogens is 3. The molecule has 11 heteroatoms. The van der Waals surface area contributed by atoms with Gasteiger partial charge in [-0.15, -0.1) is 0 Å². The molecule has 1 aliphatic heterocycles. The number of aromatic nitrogens is 2. The van der Waals surface area contributed by atoms with Gasteiger partial charge in [-0.25, -0.2) is 13.8 Å². The molecule has 3 aromatic rings. The Morgan fingerprint density at radius 1 is 1.19 bits per heavy atom. The highest BCUT2D eigenvalue weighted by Gasteiger charge is 2.30. The van der Waals surface area contributed by atoms with Crippen LogP contribution in [0.25, 0.3) is 11.0 Å². The van der Waals surface area contributed by atoms with E-state index in [9.17, 15) is 18.4 Å². The molecule has 1 aliphatic rings. The number of fused-ring (bicyclic) bond motifs is 1. The fraction of sp³-hybridized carbons (Fsp3) is 0.400. The topological polar surface area (TPSA) is 90.6 Å². The van der Waals surface area contributed by atoms with Gasteiger partial charge in [-0.3, -0.25) is 14.5 Å². The summed E-state index contributed by atoms with van der Waals surface area (Å²) in [6.07, 6.45) is 2.24. The van der Waals surface area contributed by atoms with Crippen LogP contribution in [-0.4, -0.2) is 84.1 Å². The maximum absolute atomic E-state index is 14.4. The lowest BCUT2D eigenvalue weighted by atomic mass is 10.0. The third-order valence-corrected chi connectivity index (χ3v) is 6.44. The van der Waals surface area contributed by atoms with E-state index in [1.165, 1.54) is 12.3 Å². The Labute approximate surface area is 212 Å². The van der Waals surface area contributed by atoms with Crippen molar-refractivity contribution in [1.29, 1.82) is 0 Å². The average molecular weight is 520 g/mol. The molecule has 1 atom stereocenters. The standard InChI is InChI=1S/C25H28ClF2N5O3/c1-36-10-2-5-32-6-8-33(9-7-32)25(35)22(12-16-3-4-19(27)14-20(16)28)31-24(34)21-13-17-11-18(26)15-29-23(17)30-21/h3-4,11,13-15,22H,2,5-10,12H2,1H3,(H,29,30)(H,31,34)/t22-/m0/s1. The number of carbonyl (C=O) groups is 2. The zero-order valence-electron chi connectivity index (χ0n) is 19.9. The third-order valence-electron chi connectivity index (χ3n) is 6.23. The number of rotatable bonds is 9. The fourth-order valence-corrected chi connectivity index (χ4v) is 4.47. The summed E-state index contributed by atoms with van der Waals surface area (Å²) in [6, 6.07) is 5.40. The van der Waals surface area contributed by atoms with Gasteiger partial charge in [0.05, 0.1) is 5.02 Å². The monoisotopic (exact) mass is 519 g/mol. The fourth-order valence-electron chi connectivity index (χ4n) is 4.30. The van der Waals surface area contributed by atoms with Gasteiger partial charge in [-0.05, 0) is 30.2 Å². The number of hydrogen-bond acceptors (Lipinski definition) is 5. The van der Waals surface area contributed by atoms with E-state index in [2.05, 4.69) is 20.2 Å². The number of ether oxygens (including phenoxy) is 1. The van der Waals surface area contributed by atoms with Gasteiger partial charge in [-0.2, -0.15) is 0 Å². The number of methoxy groups -OCH3 is 1. The molecule has 2 aromatic heterocycles. The van der Waals surface area contributed by atoms with Crippen molar-refractivity contribution in [2.75, 3.05) is 46.4 Å². The van der Waals surface area contributed by atoms with Crippen LogP contribution in [0, 0.1) is 11.6 Å². The Morgan fingerprint density at radius 3 is 2.69 bits per heavy atom. The quantitative estimate of drug-likeness (QED) is 0.424. The molecular weight excluding hydrogens is 492 g/mol. The predicted octanol–water partition coefficient (Wildman–Crippen LogP) is 3.02. The molecular formula is C25H28ClF2N5O3. The van der Waals surface area contributed by atoms with Gasteiger partial charge in [0.1, 0.15) is 29.0 Å². The smallest absolute Gasteiger partial charge is 0.268 e. The summed E-state index contributed by atoms with van der Waals surface area (Å²) >= 11 is 5.98. The van der Waals surface area contributed by atoms with Crippen molar-refractivity contribution in [2.24, 2.45) is 0 Å². The minimum Gasteiger partial charge on any atom is -0.385 e. The van der Waals surface area contributed by atoms with Crippen LogP contribution in [0.5, 0.6) is 0 Å². The molecule has 3 heterocycles. The molecule has 4 rings (SSSR count). The molecule has 0 spiro atoms. The Balaban J connectivity index is 1.49. The van der Waals surface area contributed by atoms with Crippen molar-refractivity contribution in [3.8, 4) is 0 Å². The molecule has 192 valence electrons. The van der Waals surface area contributed by atoms with E-state index in [0.29, 0.717) is 48.8 Å². The maximum Gasteiger partial charge on any atom is 0.268 e. The first-order valence-electron chi connectivity index (χ1n) is 11.7. The predicted molar refractivity (Wildman–Crippen MR) is 132 cm³/mol. The minimum absolute atomic E-state index is 0.116. The second-order valence-electron chi connectivity index (χ2n) is 8.75. The number of aromatic amines is 1. The molecule has 8 nitrogen and oxygen atoms in total. The van der Waals surface area contributed by atoms with Crippen molar-refractivity contribution in [1.82, 2.24) is 25.1 Å². The van der Waals surface area contributed by atoms with Crippen molar-refractivity contribution in [3.05, 3.63) is 64.4 Å². The van der Waals surface area contributed by atoms with Crippen molar-refractivity contribution >= 4 is 34.4 Å². The number of hydrogen-bond donors (Lipinski definition) is 2. The summed E-state index contributed by atoms with van der Waals surface area (Å²) < 4.78 is 33.0. The number of carbonyl (C=O) groups excluding carboxylic acids is 2. The van der Waals surface area contributed by atoms with Crippen LogP contribution < -0.4 is 5.32 Å². The summed E-state index contributed by atoms with van der Waals surface area (Å²) in [7, 11) is 1.66. The normalized spacial score (nSPS) is 15.3. The molecule has 0 bridgehead atoms. The SMILES string of the molecule is COCCCN1CCN(C(=O)[C@H](Cc2ccc(F)cc2F)NC(=O)c2cc3cc(Cl)cnc3[nH]2)CC1. The highest BCUT2D eigenvalue weighted by Crippen LogP contribution is 2.19. The van der Waals surface area contributed by atoms with E-state index in [-0.39, 0.29) is 23.6 Å². The number of piperazine rings is 1. The zero-order valence-corrected chi connectivity index (χ0v) is 20.7. The van der Waals surface area contributed by atoms with Crippen LogP contribution in [0.2, 0.25) is 5.02 Å². The zero-order chi connectivity index (χ0) is 25.7. The summed E-state index contributed by atoms with van der Waals surface area (Å²) in [5, 5.41) is 3.81. The first kappa shape index (κ1) is 26.0. The lowest BCUT2D eigenvalue weighted by molar-refractivity contribution is -0.135. The number of amides is 2. The number of pyridine rings is 1. The number of benzene rings is 1.